The molecule has 4 heteroatoms. The monoisotopic (exact) mass is 222 g/mol. The molecule has 0 spiro atoms. The topological polar surface area (TPSA) is 41.1 Å². The summed E-state index contributed by atoms with van der Waals surface area (Å²) in [5.41, 5.74) is 1.34. The maximum atomic E-state index is 13.3. The highest BCUT2D eigenvalue weighted by atomic mass is 19.1. The van der Waals surface area contributed by atoms with Crippen LogP contribution in [0.15, 0.2) is 18.2 Å². The number of aryl methyl sites for hydroxylation is 1. The number of halogens is 1. The van der Waals surface area contributed by atoms with Crippen molar-refractivity contribution in [1.82, 2.24) is 5.32 Å². The quantitative estimate of drug-likeness (QED) is 0.816. The third kappa shape index (κ3) is 2.95. The van der Waals surface area contributed by atoms with Crippen molar-refractivity contribution in [3.63, 3.8) is 0 Å². The minimum Gasteiger partial charge on any atom is -0.374 e. The lowest BCUT2D eigenvalue weighted by atomic mass is 10.2. The van der Waals surface area contributed by atoms with Crippen molar-refractivity contribution in [2.75, 3.05) is 11.9 Å². The Labute approximate surface area is 94.0 Å². The van der Waals surface area contributed by atoms with Crippen molar-refractivity contribution < 1.29 is 9.18 Å². The summed E-state index contributed by atoms with van der Waals surface area (Å²) in [5, 5.41) is 5.63. The van der Waals surface area contributed by atoms with Gasteiger partial charge in [0.25, 0.3) is 0 Å². The summed E-state index contributed by atoms with van der Waals surface area (Å²) in [4.78, 5) is 11.4. The fraction of sp³-hybridized carbons (Fsp3) is 0.417. The SMILES string of the molecule is Cc1ccc(F)c(NCC(=O)NC2CC2)c1. The Bertz CT molecular complexity index is 402. The van der Waals surface area contributed by atoms with Crippen LogP contribution in [-0.2, 0) is 4.79 Å². The first-order chi connectivity index (χ1) is 7.65. The van der Waals surface area contributed by atoms with E-state index < -0.39 is 0 Å². The smallest absolute Gasteiger partial charge is 0.239 e. The molecule has 1 aromatic rings. The average molecular weight is 222 g/mol. The number of rotatable bonds is 4. The molecule has 1 aliphatic carbocycles. The lowest BCUT2D eigenvalue weighted by Crippen LogP contribution is -2.31. The molecule has 0 heterocycles. The second kappa shape index (κ2) is 4.51. The van der Waals surface area contributed by atoms with Crippen LogP contribution in [0.5, 0.6) is 0 Å². The zero-order valence-electron chi connectivity index (χ0n) is 9.22. The largest absolute Gasteiger partial charge is 0.374 e. The standard InChI is InChI=1S/C12H15FN2O/c1-8-2-5-10(13)11(6-8)14-7-12(16)15-9-3-4-9/h2,5-6,9,14H,3-4,7H2,1H3,(H,15,16). The predicted molar refractivity (Wildman–Crippen MR) is 60.8 cm³/mol. The first-order valence-electron chi connectivity index (χ1n) is 5.44. The van der Waals surface area contributed by atoms with E-state index in [1.807, 2.05) is 6.92 Å². The molecule has 1 aliphatic rings. The number of nitrogens with one attached hydrogen (secondary N) is 2. The van der Waals surface area contributed by atoms with Crippen LogP contribution in [0.3, 0.4) is 0 Å². The van der Waals surface area contributed by atoms with Gasteiger partial charge in [0.05, 0.1) is 12.2 Å². The van der Waals surface area contributed by atoms with E-state index in [1.54, 1.807) is 12.1 Å². The lowest BCUT2D eigenvalue weighted by molar-refractivity contribution is -0.119. The molecular weight excluding hydrogens is 207 g/mol. The molecule has 1 saturated carbocycles. The zero-order valence-corrected chi connectivity index (χ0v) is 9.22. The Morgan fingerprint density at radius 1 is 1.50 bits per heavy atom. The van der Waals surface area contributed by atoms with E-state index in [9.17, 15) is 9.18 Å². The number of hydrogen-bond donors (Lipinski definition) is 2. The van der Waals surface area contributed by atoms with Crippen LogP contribution < -0.4 is 10.6 Å². The fourth-order valence-electron chi connectivity index (χ4n) is 1.46. The van der Waals surface area contributed by atoms with Crippen molar-refractivity contribution in [2.45, 2.75) is 25.8 Å². The summed E-state index contributed by atoms with van der Waals surface area (Å²) in [5.74, 6) is -0.409. The van der Waals surface area contributed by atoms with E-state index in [0.717, 1.165) is 18.4 Å². The van der Waals surface area contributed by atoms with Gasteiger partial charge in [-0.2, -0.15) is 0 Å². The molecule has 1 aromatic carbocycles. The van der Waals surface area contributed by atoms with Crippen molar-refractivity contribution >= 4 is 11.6 Å². The highest BCUT2D eigenvalue weighted by Gasteiger charge is 2.22. The van der Waals surface area contributed by atoms with E-state index in [4.69, 9.17) is 0 Å². The Kier molecular flexibility index (Phi) is 3.08. The van der Waals surface area contributed by atoms with Gasteiger partial charge >= 0.3 is 0 Å². The number of anilines is 1. The minimum atomic E-state index is -0.329. The van der Waals surface area contributed by atoms with Crippen molar-refractivity contribution in [3.8, 4) is 0 Å². The van der Waals surface area contributed by atoms with Gasteiger partial charge in [0, 0.05) is 6.04 Å². The summed E-state index contributed by atoms with van der Waals surface area (Å²) in [6.07, 6.45) is 2.12. The molecule has 0 saturated heterocycles. The van der Waals surface area contributed by atoms with E-state index >= 15 is 0 Å². The third-order valence-corrected chi connectivity index (χ3v) is 2.50. The third-order valence-electron chi connectivity index (χ3n) is 2.50. The van der Waals surface area contributed by atoms with E-state index in [0.29, 0.717) is 11.7 Å². The van der Waals surface area contributed by atoms with Gasteiger partial charge in [0.15, 0.2) is 0 Å². The summed E-state index contributed by atoms with van der Waals surface area (Å²) in [6, 6.07) is 5.14. The fourth-order valence-corrected chi connectivity index (χ4v) is 1.46. The maximum Gasteiger partial charge on any atom is 0.239 e. The number of hydrogen-bond acceptors (Lipinski definition) is 2. The molecule has 0 aromatic heterocycles. The maximum absolute atomic E-state index is 13.3. The zero-order chi connectivity index (χ0) is 11.5. The van der Waals surface area contributed by atoms with Gasteiger partial charge in [-0.1, -0.05) is 6.07 Å². The minimum absolute atomic E-state index is 0.0802. The Hall–Kier alpha value is -1.58. The van der Waals surface area contributed by atoms with Crippen LogP contribution in [0.1, 0.15) is 18.4 Å². The Morgan fingerprint density at radius 2 is 2.25 bits per heavy atom. The van der Waals surface area contributed by atoms with Gasteiger partial charge in [-0.3, -0.25) is 4.79 Å². The first kappa shape index (κ1) is 10.9. The Morgan fingerprint density at radius 3 is 2.94 bits per heavy atom. The van der Waals surface area contributed by atoms with Gasteiger partial charge < -0.3 is 10.6 Å². The molecule has 1 amide bonds. The molecule has 0 unspecified atom stereocenters. The summed E-state index contributed by atoms with van der Waals surface area (Å²) < 4.78 is 13.3. The van der Waals surface area contributed by atoms with Crippen LogP contribution in [0.4, 0.5) is 10.1 Å². The summed E-state index contributed by atoms with van der Waals surface area (Å²) in [6.45, 7) is 2.01. The van der Waals surface area contributed by atoms with Crippen molar-refractivity contribution in [3.05, 3.63) is 29.6 Å². The average Bonchev–Trinajstić information content (AvgIpc) is 3.03. The first-order valence-corrected chi connectivity index (χ1v) is 5.44. The molecule has 0 aliphatic heterocycles. The predicted octanol–water partition coefficient (Wildman–Crippen LogP) is 1.82. The lowest BCUT2D eigenvalue weighted by Gasteiger charge is -2.08. The molecule has 1 fully saturated rings. The number of amides is 1. The Balaban J connectivity index is 1.87. The van der Waals surface area contributed by atoms with Gasteiger partial charge in [-0.15, -0.1) is 0 Å². The van der Waals surface area contributed by atoms with E-state index in [2.05, 4.69) is 10.6 Å². The summed E-state index contributed by atoms with van der Waals surface area (Å²) >= 11 is 0. The molecular formula is C12H15FN2O. The van der Waals surface area contributed by atoms with Gasteiger partial charge in [-0.25, -0.2) is 4.39 Å². The van der Waals surface area contributed by atoms with Crippen LogP contribution in [0.2, 0.25) is 0 Å². The number of benzene rings is 1. The van der Waals surface area contributed by atoms with E-state index in [-0.39, 0.29) is 18.3 Å². The van der Waals surface area contributed by atoms with Crippen molar-refractivity contribution in [2.24, 2.45) is 0 Å². The molecule has 2 N–H and O–H groups in total. The molecule has 86 valence electrons. The number of carbonyl (C=O) groups excluding carboxylic acids is 1. The van der Waals surface area contributed by atoms with Crippen LogP contribution >= 0.6 is 0 Å². The van der Waals surface area contributed by atoms with Crippen molar-refractivity contribution in [1.29, 1.82) is 0 Å². The van der Waals surface area contributed by atoms with Gasteiger partial charge in [0.2, 0.25) is 5.91 Å². The van der Waals surface area contributed by atoms with E-state index in [1.165, 1.54) is 6.07 Å². The second-order valence-electron chi connectivity index (χ2n) is 4.18. The van der Waals surface area contributed by atoms with Gasteiger partial charge in [-0.05, 0) is 37.5 Å². The van der Waals surface area contributed by atoms with Crippen LogP contribution in [0.25, 0.3) is 0 Å². The molecule has 3 nitrogen and oxygen atoms in total. The van der Waals surface area contributed by atoms with Gasteiger partial charge in [0.1, 0.15) is 5.82 Å². The van der Waals surface area contributed by atoms with Crippen LogP contribution in [0, 0.1) is 12.7 Å². The number of carbonyl (C=O) groups is 1. The second-order valence-corrected chi connectivity index (χ2v) is 4.18. The summed E-state index contributed by atoms with van der Waals surface area (Å²) in [7, 11) is 0. The molecule has 2 rings (SSSR count). The van der Waals surface area contributed by atoms with Crippen LogP contribution in [-0.4, -0.2) is 18.5 Å². The molecule has 0 bridgehead atoms. The highest BCUT2D eigenvalue weighted by molar-refractivity contribution is 5.81. The highest BCUT2D eigenvalue weighted by Crippen LogP contribution is 2.18. The molecule has 0 atom stereocenters. The normalized spacial score (nSPS) is 14.6. The molecule has 16 heavy (non-hydrogen) atoms. The molecule has 0 radical (unpaired) electrons.